The maximum Gasteiger partial charge on any atom is 0.145 e. The van der Waals surface area contributed by atoms with Gasteiger partial charge in [-0.3, -0.25) is 0 Å². The standard InChI is InChI=1S/C17H17N5/c1-22-9-7-14-16(20-11-21-17(14)22)18-8-6-12-10-19-15-5-3-2-4-13(12)15/h2-5,7,9-11,19H,6,8H2,1H3,(H,18,20,21). The van der Waals surface area contributed by atoms with E-state index in [0.29, 0.717) is 0 Å². The van der Waals surface area contributed by atoms with Crippen LogP contribution >= 0.6 is 0 Å². The van der Waals surface area contributed by atoms with E-state index in [1.807, 2.05) is 29.9 Å². The van der Waals surface area contributed by atoms with Gasteiger partial charge in [-0.15, -0.1) is 0 Å². The Kier molecular flexibility index (Phi) is 3.04. The van der Waals surface area contributed by atoms with Gasteiger partial charge in [0.25, 0.3) is 0 Å². The van der Waals surface area contributed by atoms with Crippen molar-refractivity contribution in [1.82, 2.24) is 19.5 Å². The number of aromatic nitrogens is 4. The van der Waals surface area contributed by atoms with Gasteiger partial charge < -0.3 is 14.9 Å². The molecule has 0 fully saturated rings. The molecule has 4 aromatic rings. The second-order valence-corrected chi connectivity index (χ2v) is 5.42. The first-order valence-electron chi connectivity index (χ1n) is 7.38. The van der Waals surface area contributed by atoms with Gasteiger partial charge in [0.15, 0.2) is 0 Å². The molecule has 110 valence electrons. The topological polar surface area (TPSA) is 58.5 Å². The summed E-state index contributed by atoms with van der Waals surface area (Å²) in [6, 6.07) is 10.4. The molecule has 0 saturated heterocycles. The Labute approximate surface area is 128 Å². The first-order valence-corrected chi connectivity index (χ1v) is 7.38. The van der Waals surface area contributed by atoms with E-state index in [0.717, 1.165) is 29.8 Å². The third kappa shape index (κ3) is 2.11. The largest absolute Gasteiger partial charge is 0.369 e. The summed E-state index contributed by atoms with van der Waals surface area (Å²) < 4.78 is 2.00. The minimum atomic E-state index is 0.836. The summed E-state index contributed by atoms with van der Waals surface area (Å²) in [7, 11) is 1.99. The first-order chi connectivity index (χ1) is 10.8. The van der Waals surface area contributed by atoms with Crippen LogP contribution in [-0.2, 0) is 13.5 Å². The van der Waals surface area contributed by atoms with Crippen molar-refractivity contribution in [3.05, 3.63) is 54.6 Å². The molecule has 3 heterocycles. The third-order valence-electron chi connectivity index (χ3n) is 4.02. The average Bonchev–Trinajstić information content (AvgIpc) is 3.13. The molecule has 22 heavy (non-hydrogen) atoms. The van der Waals surface area contributed by atoms with Crippen molar-refractivity contribution in [3.8, 4) is 0 Å². The summed E-state index contributed by atoms with van der Waals surface area (Å²) in [5, 5.41) is 5.77. The predicted molar refractivity (Wildman–Crippen MR) is 89.0 cm³/mol. The molecular weight excluding hydrogens is 274 g/mol. The van der Waals surface area contributed by atoms with Crippen molar-refractivity contribution in [2.45, 2.75) is 6.42 Å². The monoisotopic (exact) mass is 291 g/mol. The lowest BCUT2D eigenvalue weighted by Crippen LogP contribution is -2.06. The molecule has 1 aromatic carbocycles. The lowest BCUT2D eigenvalue weighted by Gasteiger charge is -2.06. The number of benzene rings is 1. The molecule has 0 radical (unpaired) electrons. The van der Waals surface area contributed by atoms with Crippen molar-refractivity contribution < 1.29 is 0 Å². The van der Waals surface area contributed by atoms with Gasteiger partial charge in [0, 0.05) is 36.9 Å². The van der Waals surface area contributed by atoms with Gasteiger partial charge in [0.2, 0.25) is 0 Å². The molecule has 0 spiro atoms. The highest BCUT2D eigenvalue weighted by Gasteiger charge is 2.07. The number of nitrogens with one attached hydrogen (secondary N) is 2. The number of rotatable bonds is 4. The third-order valence-corrected chi connectivity index (χ3v) is 4.02. The number of H-pyrrole nitrogens is 1. The van der Waals surface area contributed by atoms with Crippen LogP contribution in [0.2, 0.25) is 0 Å². The smallest absolute Gasteiger partial charge is 0.145 e. The maximum atomic E-state index is 4.36. The highest BCUT2D eigenvalue weighted by molar-refractivity contribution is 5.87. The maximum absolute atomic E-state index is 4.36. The van der Waals surface area contributed by atoms with Gasteiger partial charge >= 0.3 is 0 Å². The van der Waals surface area contributed by atoms with Crippen LogP contribution in [0.25, 0.3) is 21.9 Å². The number of hydrogen-bond donors (Lipinski definition) is 2. The molecule has 3 aromatic heterocycles. The molecule has 0 aliphatic heterocycles. The minimum Gasteiger partial charge on any atom is -0.369 e. The van der Waals surface area contributed by atoms with E-state index in [1.165, 1.54) is 16.5 Å². The van der Waals surface area contributed by atoms with Gasteiger partial charge in [0.1, 0.15) is 17.8 Å². The van der Waals surface area contributed by atoms with Crippen molar-refractivity contribution in [1.29, 1.82) is 0 Å². The van der Waals surface area contributed by atoms with Crippen LogP contribution in [-0.4, -0.2) is 26.1 Å². The number of fused-ring (bicyclic) bond motifs is 2. The Bertz CT molecular complexity index is 934. The van der Waals surface area contributed by atoms with Crippen molar-refractivity contribution in [2.24, 2.45) is 7.05 Å². The van der Waals surface area contributed by atoms with Crippen LogP contribution in [0.5, 0.6) is 0 Å². The zero-order valence-corrected chi connectivity index (χ0v) is 12.4. The molecule has 5 heteroatoms. The SMILES string of the molecule is Cn1ccc2c(NCCc3c[nH]c4ccccc34)ncnc21. The van der Waals surface area contributed by atoms with Crippen LogP contribution in [0.4, 0.5) is 5.82 Å². The molecule has 0 aliphatic rings. The fourth-order valence-corrected chi connectivity index (χ4v) is 2.87. The number of anilines is 1. The van der Waals surface area contributed by atoms with Gasteiger partial charge in [-0.2, -0.15) is 0 Å². The van der Waals surface area contributed by atoms with Gasteiger partial charge in [-0.05, 0) is 24.1 Å². The molecule has 2 N–H and O–H groups in total. The number of aromatic amines is 1. The van der Waals surface area contributed by atoms with Gasteiger partial charge in [-0.1, -0.05) is 18.2 Å². The van der Waals surface area contributed by atoms with E-state index in [2.05, 4.69) is 44.7 Å². The summed E-state index contributed by atoms with van der Waals surface area (Å²) in [6.45, 7) is 0.836. The highest BCUT2D eigenvalue weighted by Crippen LogP contribution is 2.21. The second kappa shape index (κ2) is 5.18. The van der Waals surface area contributed by atoms with Crippen LogP contribution in [0.1, 0.15) is 5.56 Å². The number of hydrogen-bond acceptors (Lipinski definition) is 3. The van der Waals surface area contributed by atoms with E-state index in [4.69, 9.17) is 0 Å². The Balaban J connectivity index is 1.53. The molecule has 0 atom stereocenters. The van der Waals surface area contributed by atoms with Crippen LogP contribution in [0.3, 0.4) is 0 Å². The molecule has 0 aliphatic carbocycles. The summed E-state index contributed by atoms with van der Waals surface area (Å²) in [5.41, 5.74) is 3.45. The van der Waals surface area contributed by atoms with E-state index >= 15 is 0 Å². The molecule has 4 rings (SSSR count). The van der Waals surface area contributed by atoms with Gasteiger partial charge in [-0.25, -0.2) is 9.97 Å². The molecule has 0 amide bonds. The number of nitrogens with zero attached hydrogens (tertiary/aromatic N) is 3. The van der Waals surface area contributed by atoms with E-state index in [-0.39, 0.29) is 0 Å². The van der Waals surface area contributed by atoms with Crippen LogP contribution in [0.15, 0.2) is 49.1 Å². The quantitative estimate of drug-likeness (QED) is 0.607. The lowest BCUT2D eigenvalue weighted by atomic mass is 10.1. The van der Waals surface area contributed by atoms with E-state index in [9.17, 15) is 0 Å². The Morgan fingerprint density at radius 1 is 1.14 bits per heavy atom. The van der Waals surface area contributed by atoms with Crippen LogP contribution in [0, 0.1) is 0 Å². The summed E-state index contributed by atoms with van der Waals surface area (Å²) in [6.07, 6.45) is 6.65. The van der Waals surface area contributed by atoms with Crippen molar-refractivity contribution in [3.63, 3.8) is 0 Å². The zero-order chi connectivity index (χ0) is 14.9. The Hall–Kier alpha value is -2.82. The normalized spacial score (nSPS) is 11.3. The number of aryl methyl sites for hydroxylation is 1. The van der Waals surface area contributed by atoms with E-state index in [1.54, 1.807) is 6.33 Å². The predicted octanol–water partition coefficient (Wildman–Crippen LogP) is 3.10. The summed E-state index contributed by atoms with van der Waals surface area (Å²) in [5.74, 6) is 0.894. The highest BCUT2D eigenvalue weighted by atomic mass is 15.1. The molecular formula is C17H17N5. The van der Waals surface area contributed by atoms with Crippen molar-refractivity contribution in [2.75, 3.05) is 11.9 Å². The summed E-state index contributed by atoms with van der Waals surface area (Å²) in [4.78, 5) is 12.0. The van der Waals surface area contributed by atoms with E-state index < -0.39 is 0 Å². The van der Waals surface area contributed by atoms with Crippen LogP contribution < -0.4 is 5.32 Å². The molecule has 5 nitrogen and oxygen atoms in total. The molecule has 0 unspecified atom stereocenters. The first kappa shape index (κ1) is 12.9. The minimum absolute atomic E-state index is 0.836. The van der Waals surface area contributed by atoms with Crippen molar-refractivity contribution >= 4 is 27.8 Å². The Morgan fingerprint density at radius 2 is 2.05 bits per heavy atom. The summed E-state index contributed by atoms with van der Waals surface area (Å²) >= 11 is 0. The van der Waals surface area contributed by atoms with Gasteiger partial charge in [0.05, 0.1) is 5.39 Å². The zero-order valence-electron chi connectivity index (χ0n) is 12.4. The molecule has 0 saturated carbocycles. The Morgan fingerprint density at radius 3 is 3.00 bits per heavy atom. The average molecular weight is 291 g/mol. The second-order valence-electron chi connectivity index (χ2n) is 5.42. The molecule has 0 bridgehead atoms. The fraction of sp³-hybridized carbons (Fsp3) is 0.176. The lowest BCUT2D eigenvalue weighted by molar-refractivity contribution is 0.942. The fourth-order valence-electron chi connectivity index (χ4n) is 2.87. The number of para-hydroxylation sites is 1.